The first-order valence-electron chi connectivity index (χ1n) is 6.98. The van der Waals surface area contributed by atoms with Crippen molar-refractivity contribution in [3.05, 3.63) is 35.4 Å². The lowest BCUT2D eigenvalue weighted by atomic mass is 10.1. The lowest BCUT2D eigenvalue weighted by Gasteiger charge is -2.13. The lowest BCUT2D eigenvalue weighted by Crippen LogP contribution is -2.26. The summed E-state index contributed by atoms with van der Waals surface area (Å²) in [6, 6.07) is 6.42. The number of methoxy groups -OCH3 is 1. The molecule has 0 radical (unpaired) electrons. The number of halogens is 1. The molecule has 1 amide bonds. The topological polar surface area (TPSA) is 73.9 Å². The summed E-state index contributed by atoms with van der Waals surface area (Å²) < 4.78 is 15.1. The molecule has 0 aliphatic carbocycles. The summed E-state index contributed by atoms with van der Waals surface area (Å²) in [5.74, 6) is -0.692. The van der Waals surface area contributed by atoms with Crippen molar-refractivity contribution in [3.8, 4) is 0 Å². The zero-order valence-corrected chi connectivity index (χ0v) is 14.8. The third-order valence-corrected chi connectivity index (χ3v) is 3.47. The molecule has 22 heavy (non-hydrogen) atoms. The molecule has 0 spiro atoms. The van der Waals surface area contributed by atoms with Crippen LogP contribution in [0.2, 0.25) is 0 Å². The number of carbonyl (C=O) groups excluding carboxylic acids is 2. The number of esters is 1. The maximum atomic E-state index is 12.0. The Morgan fingerprint density at radius 2 is 2.05 bits per heavy atom. The van der Waals surface area contributed by atoms with Crippen LogP contribution in [0.1, 0.15) is 40.5 Å². The number of rotatable bonds is 9. The minimum atomic E-state index is -0.464. The molecule has 1 N–H and O–H groups in total. The second-order valence-corrected chi connectivity index (χ2v) is 4.95. The summed E-state index contributed by atoms with van der Waals surface area (Å²) in [5, 5.41) is 2.80. The Bertz CT molecular complexity index is 495. The molecule has 1 atom stereocenters. The van der Waals surface area contributed by atoms with E-state index in [9.17, 15) is 9.59 Å². The molecule has 6 nitrogen and oxygen atoms in total. The summed E-state index contributed by atoms with van der Waals surface area (Å²) in [6.45, 7) is 2.99. The SMILES string of the molecule is CCOC(CCCNC(=O)c1cccc(C(=O)OC)c1)OI. The summed E-state index contributed by atoms with van der Waals surface area (Å²) in [6.07, 6.45) is 1.17. The van der Waals surface area contributed by atoms with Gasteiger partial charge in [0, 0.05) is 25.1 Å². The van der Waals surface area contributed by atoms with Crippen LogP contribution in [0.15, 0.2) is 24.3 Å². The van der Waals surface area contributed by atoms with Crippen LogP contribution in [0, 0.1) is 0 Å². The zero-order valence-electron chi connectivity index (χ0n) is 12.6. The number of hydrogen-bond donors (Lipinski definition) is 1. The van der Waals surface area contributed by atoms with Crippen molar-refractivity contribution in [2.45, 2.75) is 26.1 Å². The van der Waals surface area contributed by atoms with Crippen molar-refractivity contribution in [2.24, 2.45) is 0 Å². The molecule has 0 saturated carbocycles. The van der Waals surface area contributed by atoms with Crippen molar-refractivity contribution in [3.63, 3.8) is 0 Å². The molecule has 122 valence electrons. The molecule has 7 heteroatoms. The molecule has 0 heterocycles. The molecule has 1 unspecified atom stereocenters. The molecule has 0 bridgehead atoms. The third-order valence-electron chi connectivity index (χ3n) is 2.90. The monoisotopic (exact) mass is 421 g/mol. The minimum absolute atomic E-state index is 0.228. The van der Waals surface area contributed by atoms with Crippen LogP contribution in [0.4, 0.5) is 0 Å². The summed E-state index contributed by atoms with van der Waals surface area (Å²) >= 11 is 1.80. The van der Waals surface area contributed by atoms with Crippen molar-refractivity contribution < 1.29 is 22.1 Å². The Morgan fingerprint density at radius 3 is 2.68 bits per heavy atom. The van der Waals surface area contributed by atoms with Gasteiger partial charge in [0.15, 0.2) is 6.29 Å². The highest BCUT2D eigenvalue weighted by atomic mass is 127. The van der Waals surface area contributed by atoms with E-state index in [-0.39, 0.29) is 12.2 Å². The number of nitrogens with one attached hydrogen (secondary N) is 1. The van der Waals surface area contributed by atoms with E-state index >= 15 is 0 Å². The maximum Gasteiger partial charge on any atom is 0.337 e. The second kappa shape index (κ2) is 10.5. The van der Waals surface area contributed by atoms with E-state index in [1.165, 1.54) is 13.2 Å². The average molecular weight is 421 g/mol. The first-order chi connectivity index (χ1) is 10.6. The Morgan fingerprint density at radius 1 is 1.32 bits per heavy atom. The van der Waals surface area contributed by atoms with Gasteiger partial charge in [0.25, 0.3) is 5.91 Å². The van der Waals surface area contributed by atoms with E-state index in [4.69, 9.17) is 7.80 Å². The van der Waals surface area contributed by atoms with Gasteiger partial charge in [-0.1, -0.05) is 6.07 Å². The molecule has 1 aromatic carbocycles. The van der Waals surface area contributed by atoms with Crippen LogP contribution in [0.25, 0.3) is 0 Å². The van der Waals surface area contributed by atoms with E-state index in [1.807, 2.05) is 6.92 Å². The average Bonchev–Trinajstić information content (AvgIpc) is 2.56. The van der Waals surface area contributed by atoms with Crippen molar-refractivity contribution >= 4 is 34.9 Å². The lowest BCUT2D eigenvalue weighted by molar-refractivity contribution is -0.0552. The second-order valence-electron chi connectivity index (χ2n) is 4.44. The molecule has 0 aliphatic rings. The van der Waals surface area contributed by atoms with Gasteiger partial charge in [-0.05, 0) is 31.5 Å². The molecule has 1 aromatic rings. The zero-order chi connectivity index (χ0) is 16.4. The fourth-order valence-corrected chi connectivity index (χ4v) is 2.22. The van der Waals surface area contributed by atoms with E-state index in [0.717, 1.165) is 6.42 Å². The standard InChI is InChI=1S/C15H20INO5/c1-3-21-13(22-16)8-5-9-17-14(18)11-6-4-7-12(10-11)15(19)20-2/h4,6-7,10,13H,3,5,8-9H2,1-2H3,(H,17,18). The Balaban J connectivity index is 2.44. The molecule has 1 rings (SSSR count). The molecule has 0 fully saturated rings. The third kappa shape index (κ3) is 6.29. The minimum Gasteiger partial charge on any atom is -0.465 e. The van der Waals surface area contributed by atoms with Gasteiger partial charge >= 0.3 is 5.97 Å². The molecular weight excluding hydrogens is 401 g/mol. The summed E-state index contributed by atoms with van der Waals surface area (Å²) in [7, 11) is 1.30. The predicted molar refractivity (Wildman–Crippen MR) is 89.9 cm³/mol. The largest absolute Gasteiger partial charge is 0.465 e. The van der Waals surface area contributed by atoms with Gasteiger partial charge in [0.1, 0.15) is 23.0 Å². The first-order valence-corrected chi connectivity index (χ1v) is 7.86. The normalized spacial score (nSPS) is 11.8. The molecule has 0 saturated heterocycles. The van der Waals surface area contributed by atoms with Crippen molar-refractivity contribution in [1.82, 2.24) is 5.32 Å². The van der Waals surface area contributed by atoms with E-state index in [0.29, 0.717) is 30.7 Å². The number of ether oxygens (including phenoxy) is 2. The molecular formula is C15H20INO5. The van der Waals surface area contributed by atoms with E-state index in [2.05, 4.69) is 10.1 Å². The van der Waals surface area contributed by atoms with Crippen molar-refractivity contribution in [1.29, 1.82) is 0 Å². The highest BCUT2D eigenvalue weighted by Gasteiger charge is 2.11. The van der Waals surface area contributed by atoms with Gasteiger partial charge < -0.3 is 14.8 Å². The number of amides is 1. The van der Waals surface area contributed by atoms with Gasteiger partial charge in [0.2, 0.25) is 0 Å². The number of hydrogen-bond acceptors (Lipinski definition) is 5. The molecule has 0 aliphatic heterocycles. The quantitative estimate of drug-likeness (QED) is 0.287. The fraction of sp³-hybridized carbons (Fsp3) is 0.467. The highest BCUT2D eigenvalue weighted by Crippen LogP contribution is 2.09. The van der Waals surface area contributed by atoms with Crippen LogP contribution >= 0.6 is 23.0 Å². The Kier molecular flexibility index (Phi) is 9.02. The summed E-state index contributed by atoms with van der Waals surface area (Å²) in [4.78, 5) is 23.5. The Labute approximate surface area is 144 Å². The van der Waals surface area contributed by atoms with Crippen LogP contribution in [0.3, 0.4) is 0 Å². The number of carbonyl (C=O) groups is 2. The predicted octanol–water partition coefficient (Wildman–Crippen LogP) is 2.71. The van der Waals surface area contributed by atoms with E-state index in [1.54, 1.807) is 41.2 Å². The highest BCUT2D eigenvalue weighted by molar-refractivity contribution is 14.1. The Hall–Kier alpha value is -1.19. The van der Waals surface area contributed by atoms with Crippen LogP contribution in [-0.2, 0) is 12.5 Å². The van der Waals surface area contributed by atoms with Gasteiger partial charge in [0.05, 0.1) is 12.7 Å². The first kappa shape index (κ1) is 18.9. The molecule has 0 aromatic heterocycles. The smallest absolute Gasteiger partial charge is 0.337 e. The van der Waals surface area contributed by atoms with Crippen LogP contribution in [-0.4, -0.2) is 38.4 Å². The van der Waals surface area contributed by atoms with Crippen LogP contribution in [0.5, 0.6) is 0 Å². The summed E-state index contributed by atoms with van der Waals surface area (Å²) in [5.41, 5.74) is 0.777. The van der Waals surface area contributed by atoms with Gasteiger partial charge in [-0.15, -0.1) is 0 Å². The fourth-order valence-electron chi connectivity index (χ4n) is 1.82. The number of benzene rings is 1. The van der Waals surface area contributed by atoms with Gasteiger partial charge in [-0.3, -0.25) is 7.86 Å². The van der Waals surface area contributed by atoms with E-state index < -0.39 is 5.97 Å². The van der Waals surface area contributed by atoms with Crippen LogP contribution < -0.4 is 5.32 Å². The van der Waals surface area contributed by atoms with Crippen molar-refractivity contribution in [2.75, 3.05) is 20.3 Å². The van der Waals surface area contributed by atoms with Gasteiger partial charge in [-0.25, -0.2) is 4.79 Å². The maximum absolute atomic E-state index is 12.0. The van der Waals surface area contributed by atoms with Gasteiger partial charge in [-0.2, -0.15) is 0 Å².